The summed E-state index contributed by atoms with van der Waals surface area (Å²) >= 11 is 0. The summed E-state index contributed by atoms with van der Waals surface area (Å²) in [6.45, 7) is 12.2. The molecule has 0 bridgehead atoms. The van der Waals surface area contributed by atoms with Crippen LogP contribution in [0.2, 0.25) is 0 Å². The van der Waals surface area contributed by atoms with Crippen molar-refractivity contribution in [3.8, 4) is 0 Å². The maximum absolute atomic E-state index is 13.0. The maximum Gasteiger partial charge on any atom is 0.328 e. The summed E-state index contributed by atoms with van der Waals surface area (Å²) < 4.78 is 11.1. The first kappa shape index (κ1) is 49.4. The van der Waals surface area contributed by atoms with Crippen LogP contribution in [0, 0.1) is 11.8 Å². The Morgan fingerprint density at radius 3 is 1.24 bits per heavy atom. The lowest BCUT2D eigenvalue weighted by Crippen LogP contribution is -2.42. The standard InChI is InChI=1S/C45H87NO5/c1-6-7-8-9-10-11-12-13-14-15-20-25-30-35-43(47)46-42(45(49)51-39-32-27-22-17-19-24-29-34-41(4)5)36-37-44(48)50-38-31-26-21-16-18-23-28-33-40(2)3/h40-42H,6-39H2,1-5H3,(H,46,47)/t42-/m0/s1. The Morgan fingerprint density at radius 2 is 0.804 bits per heavy atom. The Labute approximate surface area is 317 Å². The van der Waals surface area contributed by atoms with E-state index in [1.54, 1.807) is 0 Å². The molecule has 0 saturated carbocycles. The van der Waals surface area contributed by atoms with E-state index in [-0.39, 0.29) is 24.7 Å². The van der Waals surface area contributed by atoms with Gasteiger partial charge in [-0.2, -0.15) is 0 Å². The maximum atomic E-state index is 13.0. The molecular formula is C45H87NO5. The fraction of sp³-hybridized carbons (Fsp3) is 0.933. The van der Waals surface area contributed by atoms with Crippen LogP contribution in [-0.2, 0) is 23.9 Å². The van der Waals surface area contributed by atoms with Gasteiger partial charge in [-0.15, -0.1) is 0 Å². The fourth-order valence-corrected chi connectivity index (χ4v) is 6.69. The van der Waals surface area contributed by atoms with Crippen LogP contribution in [0.4, 0.5) is 0 Å². The van der Waals surface area contributed by atoms with Gasteiger partial charge in [-0.1, -0.05) is 202 Å². The zero-order chi connectivity index (χ0) is 37.6. The molecule has 0 spiro atoms. The highest BCUT2D eigenvalue weighted by molar-refractivity contribution is 5.85. The molecule has 51 heavy (non-hydrogen) atoms. The molecule has 0 rings (SSSR count). The molecule has 1 amide bonds. The summed E-state index contributed by atoms with van der Waals surface area (Å²) in [5, 5.41) is 2.89. The predicted octanol–water partition coefficient (Wildman–Crippen LogP) is 13.4. The third kappa shape index (κ3) is 38.0. The largest absolute Gasteiger partial charge is 0.466 e. The van der Waals surface area contributed by atoms with Gasteiger partial charge in [0.05, 0.1) is 13.2 Å². The Bertz CT molecular complexity index is 783. The third-order valence-corrected chi connectivity index (χ3v) is 10.1. The minimum atomic E-state index is -0.802. The molecule has 0 aromatic rings. The molecule has 1 N–H and O–H groups in total. The number of carbonyl (C=O) groups excluding carboxylic acids is 3. The first-order chi connectivity index (χ1) is 24.8. The minimum Gasteiger partial charge on any atom is -0.466 e. The zero-order valence-corrected chi connectivity index (χ0v) is 34.8. The molecule has 0 aliphatic carbocycles. The van der Waals surface area contributed by atoms with Gasteiger partial charge in [0.1, 0.15) is 6.04 Å². The van der Waals surface area contributed by atoms with Crippen molar-refractivity contribution >= 4 is 17.8 Å². The molecule has 0 aliphatic heterocycles. The Kier molecular flexibility index (Phi) is 37.0. The Morgan fingerprint density at radius 1 is 0.431 bits per heavy atom. The number of amides is 1. The van der Waals surface area contributed by atoms with E-state index in [2.05, 4.69) is 39.9 Å². The number of nitrogens with one attached hydrogen (secondary N) is 1. The van der Waals surface area contributed by atoms with Crippen molar-refractivity contribution in [2.24, 2.45) is 11.8 Å². The summed E-state index contributed by atoms with van der Waals surface area (Å²) in [6, 6.07) is -0.802. The lowest BCUT2D eigenvalue weighted by molar-refractivity contribution is -0.149. The van der Waals surface area contributed by atoms with Crippen molar-refractivity contribution in [3.05, 3.63) is 0 Å². The van der Waals surface area contributed by atoms with Crippen LogP contribution in [0.15, 0.2) is 0 Å². The van der Waals surface area contributed by atoms with Gasteiger partial charge in [0.15, 0.2) is 0 Å². The smallest absolute Gasteiger partial charge is 0.328 e. The van der Waals surface area contributed by atoms with Crippen LogP contribution in [-0.4, -0.2) is 37.1 Å². The summed E-state index contributed by atoms with van der Waals surface area (Å²) in [5.41, 5.74) is 0. The number of hydrogen-bond acceptors (Lipinski definition) is 5. The first-order valence-corrected chi connectivity index (χ1v) is 22.4. The second-order valence-corrected chi connectivity index (χ2v) is 16.4. The van der Waals surface area contributed by atoms with Crippen molar-refractivity contribution in [2.45, 2.75) is 246 Å². The van der Waals surface area contributed by atoms with E-state index in [9.17, 15) is 14.4 Å². The number of unbranched alkanes of at least 4 members (excludes halogenated alkanes) is 24. The van der Waals surface area contributed by atoms with Crippen molar-refractivity contribution < 1.29 is 23.9 Å². The molecule has 0 saturated heterocycles. The minimum absolute atomic E-state index is 0.103. The Balaban J connectivity index is 4.36. The topological polar surface area (TPSA) is 81.7 Å². The van der Waals surface area contributed by atoms with Crippen molar-refractivity contribution in [3.63, 3.8) is 0 Å². The van der Waals surface area contributed by atoms with Crippen LogP contribution in [0.5, 0.6) is 0 Å². The summed E-state index contributed by atoms with van der Waals surface area (Å²) in [7, 11) is 0. The van der Waals surface area contributed by atoms with Gasteiger partial charge in [0, 0.05) is 12.8 Å². The van der Waals surface area contributed by atoms with Gasteiger partial charge >= 0.3 is 11.9 Å². The van der Waals surface area contributed by atoms with E-state index in [4.69, 9.17) is 9.47 Å². The fourth-order valence-electron chi connectivity index (χ4n) is 6.69. The second kappa shape index (κ2) is 38.1. The van der Waals surface area contributed by atoms with Crippen LogP contribution < -0.4 is 5.32 Å². The number of carbonyl (C=O) groups is 3. The van der Waals surface area contributed by atoms with Crippen LogP contribution in [0.25, 0.3) is 0 Å². The summed E-state index contributed by atoms with van der Waals surface area (Å²) in [4.78, 5) is 38.3. The number of esters is 2. The third-order valence-electron chi connectivity index (χ3n) is 10.1. The van der Waals surface area contributed by atoms with Gasteiger partial charge in [-0.05, 0) is 37.5 Å². The molecule has 6 nitrogen and oxygen atoms in total. The SMILES string of the molecule is CCCCCCCCCCCCCCCC(=O)N[C@@H](CCC(=O)OCCCCCCCCCC(C)C)C(=O)OCCCCCCCCCC(C)C. The lowest BCUT2D eigenvalue weighted by Gasteiger charge is -2.18. The van der Waals surface area contributed by atoms with E-state index in [0.29, 0.717) is 19.6 Å². The van der Waals surface area contributed by atoms with E-state index < -0.39 is 12.0 Å². The number of ether oxygens (including phenoxy) is 2. The molecule has 1 atom stereocenters. The van der Waals surface area contributed by atoms with Gasteiger partial charge < -0.3 is 14.8 Å². The molecular weight excluding hydrogens is 634 g/mol. The van der Waals surface area contributed by atoms with Crippen LogP contribution >= 0.6 is 0 Å². The monoisotopic (exact) mass is 722 g/mol. The molecule has 0 unspecified atom stereocenters. The van der Waals surface area contributed by atoms with Crippen molar-refractivity contribution in [1.29, 1.82) is 0 Å². The highest BCUT2D eigenvalue weighted by atomic mass is 16.5. The van der Waals surface area contributed by atoms with Crippen molar-refractivity contribution in [2.75, 3.05) is 13.2 Å². The first-order valence-electron chi connectivity index (χ1n) is 22.4. The summed E-state index contributed by atoms with van der Waals surface area (Å²) in [6.07, 6.45) is 36.1. The van der Waals surface area contributed by atoms with Crippen molar-refractivity contribution in [1.82, 2.24) is 5.32 Å². The highest BCUT2D eigenvalue weighted by Crippen LogP contribution is 2.15. The molecule has 0 aliphatic rings. The van der Waals surface area contributed by atoms with E-state index in [1.165, 1.54) is 135 Å². The van der Waals surface area contributed by atoms with Gasteiger partial charge in [0.2, 0.25) is 5.91 Å². The zero-order valence-electron chi connectivity index (χ0n) is 34.8. The normalized spacial score (nSPS) is 12.1. The van der Waals surface area contributed by atoms with Crippen LogP contribution in [0.3, 0.4) is 0 Å². The van der Waals surface area contributed by atoms with Crippen LogP contribution in [0.1, 0.15) is 240 Å². The predicted molar refractivity (Wildman–Crippen MR) is 217 cm³/mol. The number of rotatable bonds is 39. The molecule has 0 heterocycles. The molecule has 0 aromatic heterocycles. The molecule has 0 fully saturated rings. The molecule has 6 heteroatoms. The van der Waals surface area contributed by atoms with Gasteiger partial charge in [0.25, 0.3) is 0 Å². The Hall–Kier alpha value is -1.59. The second-order valence-electron chi connectivity index (χ2n) is 16.4. The lowest BCUT2D eigenvalue weighted by atomic mass is 10.0. The van der Waals surface area contributed by atoms with E-state index >= 15 is 0 Å². The molecule has 0 radical (unpaired) electrons. The number of hydrogen-bond donors (Lipinski definition) is 1. The van der Waals surface area contributed by atoms with E-state index in [0.717, 1.165) is 63.2 Å². The molecule has 0 aromatic carbocycles. The van der Waals surface area contributed by atoms with Gasteiger partial charge in [-0.3, -0.25) is 9.59 Å². The van der Waals surface area contributed by atoms with Gasteiger partial charge in [-0.25, -0.2) is 4.79 Å². The van der Waals surface area contributed by atoms with E-state index in [1.807, 2.05) is 0 Å². The highest BCUT2D eigenvalue weighted by Gasteiger charge is 2.23. The summed E-state index contributed by atoms with van der Waals surface area (Å²) in [5.74, 6) is 0.714. The average molecular weight is 722 g/mol. The average Bonchev–Trinajstić information content (AvgIpc) is 3.09. The quantitative estimate of drug-likeness (QED) is 0.0505. The molecule has 302 valence electrons.